The van der Waals surface area contributed by atoms with Crippen LogP contribution in [0.1, 0.15) is 51.4 Å². The van der Waals surface area contributed by atoms with E-state index in [2.05, 4.69) is 11.9 Å². The second-order valence-electron chi connectivity index (χ2n) is 5.31. The van der Waals surface area contributed by atoms with E-state index < -0.39 is 5.60 Å². The van der Waals surface area contributed by atoms with E-state index >= 15 is 0 Å². The highest BCUT2D eigenvalue weighted by Crippen LogP contribution is 2.28. The predicted molar refractivity (Wildman–Crippen MR) is 66.5 cm³/mol. The lowest BCUT2D eigenvalue weighted by Crippen LogP contribution is -2.43. The molecule has 0 aromatic heterocycles. The van der Waals surface area contributed by atoms with E-state index in [4.69, 9.17) is 5.11 Å². The van der Waals surface area contributed by atoms with Crippen molar-refractivity contribution in [1.82, 2.24) is 4.90 Å². The Morgan fingerprint density at radius 3 is 2.38 bits per heavy atom. The highest BCUT2D eigenvalue weighted by atomic mass is 16.3. The molecule has 0 bridgehead atoms. The Balaban J connectivity index is 2.14. The van der Waals surface area contributed by atoms with Gasteiger partial charge < -0.3 is 15.1 Å². The molecule has 0 saturated heterocycles. The molecule has 0 aromatic rings. The first-order valence-electron chi connectivity index (χ1n) is 6.68. The highest BCUT2D eigenvalue weighted by molar-refractivity contribution is 4.84. The van der Waals surface area contributed by atoms with Crippen molar-refractivity contribution < 1.29 is 10.2 Å². The number of hydrogen-bond donors (Lipinski definition) is 2. The molecule has 0 aromatic carbocycles. The molecule has 96 valence electrons. The van der Waals surface area contributed by atoms with Gasteiger partial charge >= 0.3 is 0 Å². The van der Waals surface area contributed by atoms with Crippen molar-refractivity contribution in [3.63, 3.8) is 0 Å². The van der Waals surface area contributed by atoms with Crippen LogP contribution >= 0.6 is 0 Å². The lowest BCUT2D eigenvalue weighted by molar-refractivity contribution is -0.0210. The van der Waals surface area contributed by atoms with E-state index in [-0.39, 0.29) is 0 Å². The highest BCUT2D eigenvalue weighted by Gasteiger charge is 2.29. The first-order valence-corrected chi connectivity index (χ1v) is 6.68. The number of hydrogen-bond acceptors (Lipinski definition) is 3. The lowest BCUT2D eigenvalue weighted by Gasteiger charge is -2.35. The van der Waals surface area contributed by atoms with Crippen molar-refractivity contribution >= 4 is 0 Å². The van der Waals surface area contributed by atoms with Crippen LogP contribution < -0.4 is 0 Å². The second kappa shape index (κ2) is 7.25. The molecule has 0 aliphatic heterocycles. The molecule has 0 unspecified atom stereocenters. The average molecular weight is 229 g/mol. The zero-order valence-electron chi connectivity index (χ0n) is 10.6. The molecule has 0 atom stereocenters. The summed E-state index contributed by atoms with van der Waals surface area (Å²) in [4.78, 5) is 2.24. The van der Waals surface area contributed by atoms with Gasteiger partial charge in [0, 0.05) is 13.2 Å². The molecule has 0 spiro atoms. The summed E-state index contributed by atoms with van der Waals surface area (Å²) in [6.07, 6.45) is 8.67. The Hall–Kier alpha value is -0.120. The molecule has 1 fully saturated rings. The minimum absolute atomic E-state index is 0.299. The maximum absolute atomic E-state index is 10.4. The molecule has 2 N–H and O–H groups in total. The van der Waals surface area contributed by atoms with Crippen molar-refractivity contribution in [3.8, 4) is 0 Å². The Bertz CT molecular complexity index is 179. The van der Waals surface area contributed by atoms with Crippen LogP contribution in [0, 0.1) is 0 Å². The van der Waals surface area contributed by atoms with Crippen molar-refractivity contribution in [2.24, 2.45) is 0 Å². The third-order valence-electron chi connectivity index (χ3n) is 3.55. The minimum Gasteiger partial charge on any atom is -0.396 e. The fourth-order valence-electron chi connectivity index (χ4n) is 2.62. The molecule has 1 aliphatic rings. The predicted octanol–water partition coefficient (Wildman–Crippen LogP) is 1.78. The van der Waals surface area contributed by atoms with Crippen LogP contribution in [-0.4, -0.2) is 47.5 Å². The topological polar surface area (TPSA) is 43.7 Å². The Labute approximate surface area is 99.5 Å². The first kappa shape index (κ1) is 13.9. The smallest absolute Gasteiger partial charge is 0.0774 e. The maximum Gasteiger partial charge on any atom is 0.0774 e. The van der Waals surface area contributed by atoms with Crippen molar-refractivity contribution in [3.05, 3.63) is 0 Å². The van der Waals surface area contributed by atoms with Crippen molar-refractivity contribution in [2.45, 2.75) is 57.0 Å². The molecule has 1 saturated carbocycles. The fourth-order valence-corrected chi connectivity index (χ4v) is 2.62. The zero-order valence-corrected chi connectivity index (χ0v) is 10.6. The quantitative estimate of drug-likeness (QED) is 0.654. The lowest BCUT2D eigenvalue weighted by atomic mass is 9.84. The number of nitrogens with zero attached hydrogens (tertiary/aromatic N) is 1. The minimum atomic E-state index is -0.427. The van der Waals surface area contributed by atoms with Gasteiger partial charge in [-0.15, -0.1) is 0 Å². The first-order chi connectivity index (χ1) is 7.66. The van der Waals surface area contributed by atoms with E-state index in [0.29, 0.717) is 6.61 Å². The van der Waals surface area contributed by atoms with E-state index in [1.165, 1.54) is 19.3 Å². The molecule has 1 aliphatic carbocycles. The van der Waals surface area contributed by atoms with E-state index in [9.17, 15) is 5.11 Å². The van der Waals surface area contributed by atoms with Gasteiger partial charge in [-0.25, -0.2) is 0 Å². The number of aliphatic hydroxyl groups is 2. The Morgan fingerprint density at radius 1 is 1.06 bits per heavy atom. The molecule has 0 amide bonds. The third-order valence-corrected chi connectivity index (χ3v) is 3.55. The zero-order chi connectivity index (χ0) is 11.9. The van der Waals surface area contributed by atoms with Crippen LogP contribution in [0.5, 0.6) is 0 Å². The summed E-state index contributed by atoms with van der Waals surface area (Å²) in [7, 11) is 2.09. The molecular formula is C13H27NO2. The van der Waals surface area contributed by atoms with Crippen LogP contribution in [0.2, 0.25) is 0 Å². The Morgan fingerprint density at radius 2 is 1.75 bits per heavy atom. The number of rotatable bonds is 7. The van der Waals surface area contributed by atoms with Crippen LogP contribution in [0.15, 0.2) is 0 Å². The molecule has 16 heavy (non-hydrogen) atoms. The molecule has 3 heteroatoms. The summed E-state index contributed by atoms with van der Waals surface area (Å²) in [5.41, 5.74) is -0.427. The summed E-state index contributed by atoms with van der Waals surface area (Å²) < 4.78 is 0. The maximum atomic E-state index is 10.4. The molecule has 3 nitrogen and oxygen atoms in total. The SMILES string of the molecule is CN(CCCCCO)CC1(O)CCCCC1. The van der Waals surface area contributed by atoms with Gasteiger partial charge in [0.2, 0.25) is 0 Å². The third kappa shape index (κ3) is 5.28. The summed E-state index contributed by atoms with van der Waals surface area (Å²) in [6, 6.07) is 0. The van der Waals surface area contributed by atoms with Crippen molar-refractivity contribution in [1.29, 1.82) is 0 Å². The molecule has 1 rings (SSSR count). The second-order valence-corrected chi connectivity index (χ2v) is 5.31. The Kier molecular flexibility index (Phi) is 6.32. The summed E-state index contributed by atoms with van der Waals surface area (Å²) in [5.74, 6) is 0. The van der Waals surface area contributed by atoms with Gasteiger partial charge in [0.25, 0.3) is 0 Å². The fraction of sp³-hybridized carbons (Fsp3) is 1.00. The summed E-state index contributed by atoms with van der Waals surface area (Å²) >= 11 is 0. The van der Waals surface area contributed by atoms with Gasteiger partial charge in [-0.3, -0.25) is 0 Å². The molecule has 0 radical (unpaired) electrons. The van der Waals surface area contributed by atoms with Gasteiger partial charge in [-0.1, -0.05) is 19.3 Å². The van der Waals surface area contributed by atoms with Gasteiger partial charge in [0.1, 0.15) is 0 Å². The van der Waals surface area contributed by atoms with Crippen LogP contribution in [0.4, 0.5) is 0 Å². The van der Waals surface area contributed by atoms with Crippen LogP contribution in [0.25, 0.3) is 0 Å². The van der Waals surface area contributed by atoms with E-state index in [1.807, 2.05) is 0 Å². The average Bonchev–Trinajstić information content (AvgIpc) is 2.25. The van der Waals surface area contributed by atoms with E-state index in [1.54, 1.807) is 0 Å². The number of likely N-dealkylation sites (N-methyl/N-ethyl adjacent to an activating group) is 1. The van der Waals surface area contributed by atoms with Crippen LogP contribution in [-0.2, 0) is 0 Å². The summed E-state index contributed by atoms with van der Waals surface area (Å²) in [6.45, 7) is 2.14. The largest absolute Gasteiger partial charge is 0.396 e. The van der Waals surface area contributed by atoms with Gasteiger partial charge in [-0.2, -0.15) is 0 Å². The van der Waals surface area contributed by atoms with Gasteiger partial charge in [0.15, 0.2) is 0 Å². The van der Waals surface area contributed by atoms with Crippen molar-refractivity contribution in [2.75, 3.05) is 26.7 Å². The van der Waals surface area contributed by atoms with Crippen LogP contribution in [0.3, 0.4) is 0 Å². The van der Waals surface area contributed by atoms with E-state index in [0.717, 1.165) is 45.2 Å². The normalized spacial score (nSPS) is 20.2. The molecule has 0 heterocycles. The monoisotopic (exact) mass is 229 g/mol. The number of aliphatic hydroxyl groups excluding tert-OH is 1. The van der Waals surface area contributed by atoms with Gasteiger partial charge in [0.05, 0.1) is 5.60 Å². The summed E-state index contributed by atoms with van der Waals surface area (Å²) in [5, 5.41) is 19.0. The van der Waals surface area contributed by atoms with Gasteiger partial charge in [-0.05, 0) is 45.7 Å². The number of unbranched alkanes of at least 4 members (excludes halogenated alkanes) is 2. The molecular weight excluding hydrogens is 202 g/mol. The standard InChI is InChI=1S/C13H27NO2/c1-14(10-6-3-7-11-15)12-13(16)8-4-2-5-9-13/h15-16H,2-12H2,1H3.